The van der Waals surface area contributed by atoms with Gasteiger partial charge in [-0.3, -0.25) is 4.79 Å². The maximum Gasteiger partial charge on any atom is 0.435 e. The quantitative estimate of drug-likeness (QED) is 0.209. The highest BCUT2D eigenvalue weighted by atomic mass is 35.5. The number of nitriles is 1. The van der Waals surface area contributed by atoms with Gasteiger partial charge in [0.1, 0.15) is 12.3 Å². The van der Waals surface area contributed by atoms with Gasteiger partial charge < -0.3 is 14.3 Å². The molecule has 8 nitrogen and oxygen atoms in total. The summed E-state index contributed by atoms with van der Waals surface area (Å²) in [7, 11) is 1.28. The van der Waals surface area contributed by atoms with Gasteiger partial charge in [-0.1, -0.05) is 34.4 Å². The predicted octanol–water partition coefficient (Wildman–Crippen LogP) is 6.65. The van der Waals surface area contributed by atoms with Gasteiger partial charge in [0.05, 0.1) is 15.8 Å². The highest BCUT2D eigenvalue weighted by Crippen LogP contribution is 2.50. The minimum atomic E-state index is -4.99. The Hall–Kier alpha value is -3.40. The highest BCUT2D eigenvalue weighted by molar-refractivity contribution is 6.35. The molecule has 2 atom stereocenters. The number of amides is 2. The number of benzene rings is 2. The van der Waals surface area contributed by atoms with Gasteiger partial charge in [-0.15, -0.1) is 0 Å². The number of nitrogens with zero attached hydrogens (tertiary/aromatic N) is 3. The molecule has 0 spiro atoms. The Morgan fingerprint density at radius 3 is 2.33 bits per heavy atom. The van der Waals surface area contributed by atoms with Crippen LogP contribution in [-0.2, 0) is 19.9 Å². The summed E-state index contributed by atoms with van der Waals surface area (Å²) in [5.74, 6) is -1.87. The molecule has 212 valence electrons. The summed E-state index contributed by atoms with van der Waals surface area (Å²) in [4.78, 5) is 31.8. The first-order valence-electron chi connectivity index (χ1n) is 11.8. The van der Waals surface area contributed by atoms with E-state index in [0.717, 1.165) is 12.1 Å². The summed E-state index contributed by atoms with van der Waals surface area (Å²) in [5.41, 5.74) is -4.38. The molecule has 2 unspecified atom stereocenters. The lowest BCUT2D eigenvalue weighted by atomic mass is 9.86. The van der Waals surface area contributed by atoms with Crippen molar-refractivity contribution in [3.63, 3.8) is 0 Å². The number of oxime groups is 1. The molecular formula is C26H21Cl2F4N3O5. The maximum atomic E-state index is 14.3. The van der Waals surface area contributed by atoms with E-state index in [0.29, 0.717) is 23.3 Å². The third-order valence-corrected chi connectivity index (χ3v) is 7.29. The molecule has 1 saturated carbocycles. The third kappa shape index (κ3) is 5.21. The van der Waals surface area contributed by atoms with E-state index in [4.69, 9.17) is 37.5 Å². The first-order valence-corrected chi connectivity index (χ1v) is 12.5. The summed E-state index contributed by atoms with van der Waals surface area (Å²) >= 11 is 11.5. The van der Waals surface area contributed by atoms with Crippen LogP contribution in [-0.4, -0.2) is 47.7 Å². The topological polar surface area (TPSA) is 101 Å². The summed E-state index contributed by atoms with van der Waals surface area (Å²) in [6.07, 6.45) is -7.23. The molecule has 0 bridgehead atoms. The molecule has 14 heteroatoms. The van der Waals surface area contributed by atoms with Crippen LogP contribution in [0.1, 0.15) is 53.2 Å². The lowest BCUT2D eigenvalue weighted by molar-refractivity contribution is -0.275. The Morgan fingerprint density at radius 2 is 1.82 bits per heavy atom. The number of halogens is 6. The minimum Gasteiger partial charge on any atom is -0.427 e. The fourth-order valence-corrected chi connectivity index (χ4v) is 4.62. The molecule has 0 radical (unpaired) electrons. The van der Waals surface area contributed by atoms with E-state index < -0.39 is 63.5 Å². The van der Waals surface area contributed by atoms with Crippen molar-refractivity contribution in [2.24, 2.45) is 5.16 Å². The summed E-state index contributed by atoms with van der Waals surface area (Å²) in [5, 5.41) is 11.7. The largest absolute Gasteiger partial charge is 0.435 e. The van der Waals surface area contributed by atoms with Crippen molar-refractivity contribution < 1.29 is 41.5 Å². The van der Waals surface area contributed by atoms with Crippen molar-refractivity contribution in [2.45, 2.75) is 56.7 Å². The zero-order valence-electron chi connectivity index (χ0n) is 21.2. The smallest absolute Gasteiger partial charge is 0.427 e. The van der Waals surface area contributed by atoms with Crippen molar-refractivity contribution in [1.29, 1.82) is 5.26 Å². The molecule has 4 rings (SSSR count). The van der Waals surface area contributed by atoms with Crippen LogP contribution >= 0.6 is 23.2 Å². The fraction of sp³-hybridized carbons (Fsp3) is 0.385. The van der Waals surface area contributed by atoms with Gasteiger partial charge in [-0.05, 0) is 49.2 Å². The molecule has 1 aliphatic carbocycles. The molecule has 2 amide bonds. The van der Waals surface area contributed by atoms with Crippen LogP contribution in [0.15, 0.2) is 35.5 Å². The van der Waals surface area contributed by atoms with E-state index >= 15 is 0 Å². The van der Waals surface area contributed by atoms with Gasteiger partial charge in [0, 0.05) is 37.5 Å². The van der Waals surface area contributed by atoms with Crippen LogP contribution < -0.4 is 0 Å². The van der Waals surface area contributed by atoms with Crippen LogP contribution in [0.2, 0.25) is 10.0 Å². The predicted molar refractivity (Wildman–Crippen MR) is 134 cm³/mol. The van der Waals surface area contributed by atoms with Gasteiger partial charge >= 0.3 is 12.3 Å². The number of hydrogen-bond donors (Lipinski definition) is 0. The van der Waals surface area contributed by atoms with E-state index in [2.05, 4.69) is 5.16 Å². The third-order valence-electron chi connectivity index (χ3n) is 6.74. The second-order valence-corrected chi connectivity index (χ2v) is 10.2. The first-order chi connectivity index (χ1) is 18.7. The number of carbonyl (C=O) groups excluding carboxylic acids is 2. The van der Waals surface area contributed by atoms with E-state index in [-0.39, 0.29) is 16.8 Å². The Kier molecular flexibility index (Phi) is 7.79. The number of imide groups is 1. The molecule has 0 saturated heterocycles. The molecule has 2 aromatic rings. The average molecular weight is 602 g/mol. The van der Waals surface area contributed by atoms with E-state index in [1.807, 2.05) is 6.07 Å². The zero-order chi connectivity index (χ0) is 29.6. The number of hydrogen-bond acceptors (Lipinski definition) is 7. The Bertz CT molecular complexity index is 1430. The van der Waals surface area contributed by atoms with Gasteiger partial charge in [0.2, 0.25) is 0 Å². The Morgan fingerprint density at radius 1 is 1.20 bits per heavy atom. The van der Waals surface area contributed by atoms with Crippen molar-refractivity contribution in [3.8, 4) is 6.07 Å². The number of aryl methyl sites for hydroxylation is 1. The molecule has 40 heavy (non-hydrogen) atoms. The van der Waals surface area contributed by atoms with Gasteiger partial charge in [0.15, 0.2) is 11.4 Å². The molecule has 1 heterocycles. The van der Waals surface area contributed by atoms with Crippen molar-refractivity contribution >= 4 is 40.9 Å². The lowest BCUT2D eigenvalue weighted by Crippen LogP contribution is -2.46. The van der Waals surface area contributed by atoms with E-state index in [1.165, 1.54) is 39.2 Å². The van der Waals surface area contributed by atoms with Crippen LogP contribution in [0.25, 0.3) is 0 Å². The second kappa shape index (κ2) is 10.5. The first kappa shape index (κ1) is 29.6. The second-order valence-electron chi connectivity index (χ2n) is 9.40. The number of ether oxygens (including phenoxy) is 2. The normalized spacial score (nSPS) is 20.1. The van der Waals surface area contributed by atoms with E-state index in [1.54, 1.807) is 0 Å². The molecule has 0 N–H and O–H groups in total. The number of alkyl halides is 3. The van der Waals surface area contributed by atoms with Crippen molar-refractivity contribution in [2.75, 3.05) is 7.11 Å². The molecule has 1 aliphatic heterocycles. The minimum absolute atomic E-state index is 0.0325. The number of rotatable bonds is 6. The molecule has 2 aliphatic rings. The van der Waals surface area contributed by atoms with Crippen molar-refractivity contribution in [3.05, 3.63) is 68.4 Å². The molecule has 0 aromatic heterocycles. The van der Waals surface area contributed by atoms with Gasteiger partial charge in [-0.25, -0.2) is 14.1 Å². The van der Waals surface area contributed by atoms with Crippen LogP contribution in [0, 0.1) is 24.1 Å². The van der Waals surface area contributed by atoms with Crippen LogP contribution in [0.5, 0.6) is 0 Å². The summed E-state index contributed by atoms with van der Waals surface area (Å²) in [6.45, 7) is 2.95. The SMILES string of the molecule is COC(C)N(C(=O)OC1(C#N)CC1)C(=O)c1ccc(C2=NOC(c3cc(Cl)c(F)c(Cl)c3)(C(F)(F)F)C2)cc1C. The van der Waals surface area contributed by atoms with E-state index in [9.17, 15) is 32.4 Å². The summed E-state index contributed by atoms with van der Waals surface area (Å²) < 4.78 is 67.2. The van der Waals surface area contributed by atoms with Crippen LogP contribution in [0.4, 0.5) is 22.4 Å². The van der Waals surface area contributed by atoms with Crippen molar-refractivity contribution in [1.82, 2.24) is 4.90 Å². The Balaban J connectivity index is 1.63. The summed E-state index contributed by atoms with van der Waals surface area (Å²) in [6, 6.07) is 7.53. The van der Waals surface area contributed by atoms with Gasteiger partial charge in [0.25, 0.3) is 11.5 Å². The lowest BCUT2D eigenvalue weighted by Gasteiger charge is -2.29. The number of methoxy groups -OCH3 is 1. The number of carbonyl (C=O) groups is 2. The standard InChI is InChI=1S/C26H21Cl2F4N3O5/c1-13-8-15(4-5-17(13)22(36)35(14(2)38-3)23(37)39-24(12-33)6-7-24)20-11-25(40-34-20,26(30,31)32)16-9-18(27)21(29)19(28)10-16/h4-5,8-10,14H,6-7,11H2,1-3H3. The zero-order valence-corrected chi connectivity index (χ0v) is 22.7. The van der Waals surface area contributed by atoms with Crippen LogP contribution in [0.3, 0.4) is 0 Å². The molecule has 2 aromatic carbocycles. The average Bonchev–Trinajstić information content (AvgIpc) is 3.50. The Labute approximate surface area is 236 Å². The monoisotopic (exact) mass is 601 g/mol. The molecular weight excluding hydrogens is 581 g/mol. The highest BCUT2D eigenvalue weighted by Gasteiger charge is 2.62. The maximum absolute atomic E-state index is 14.3. The van der Waals surface area contributed by atoms with Gasteiger partial charge in [-0.2, -0.15) is 18.4 Å². The molecule has 1 fully saturated rings. The fourth-order valence-electron chi connectivity index (χ4n) is 4.13.